The van der Waals surface area contributed by atoms with Crippen LogP contribution in [0.15, 0.2) is 48.5 Å². The lowest BCUT2D eigenvalue weighted by Crippen LogP contribution is -2.16. The molecule has 1 atom stereocenters. The Hall–Kier alpha value is -3.13. The van der Waals surface area contributed by atoms with Gasteiger partial charge in [-0.25, -0.2) is 4.68 Å². The summed E-state index contributed by atoms with van der Waals surface area (Å²) in [5.74, 6) is 2.51. The van der Waals surface area contributed by atoms with Crippen molar-refractivity contribution in [3.05, 3.63) is 65.4 Å². The first-order chi connectivity index (χ1) is 14.1. The number of anilines is 1. The molecular formula is C21H21N3O4S. The number of nitrogens with one attached hydrogen (secondary N) is 1. The number of hydrogen-bond acceptors (Lipinski definition) is 5. The molecular weight excluding hydrogens is 390 g/mol. The Balaban J connectivity index is 1.66. The molecule has 3 aromatic rings. The first kappa shape index (κ1) is 19.2. The van der Waals surface area contributed by atoms with Gasteiger partial charge in [0.15, 0.2) is 0 Å². The van der Waals surface area contributed by atoms with E-state index < -0.39 is 10.8 Å². The molecule has 1 aliphatic rings. The van der Waals surface area contributed by atoms with E-state index in [0.717, 1.165) is 22.7 Å². The lowest BCUT2D eigenvalue weighted by atomic mass is 10.2. The van der Waals surface area contributed by atoms with Crippen LogP contribution in [-0.4, -0.2) is 33.6 Å². The molecule has 0 saturated carbocycles. The van der Waals surface area contributed by atoms with Crippen molar-refractivity contribution in [3.63, 3.8) is 0 Å². The molecule has 2 heterocycles. The molecule has 0 saturated heterocycles. The van der Waals surface area contributed by atoms with Crippen LogP contribution >= 0.6 is 0 Å². The van der Waals surface area contributed by atoms with Gasteiger partial charge in [-0.05, 0) is 55.5 Å². The van der Waals surface area contributed by atoms with Crippen LogP contribution < -0.4 is 14.8 Å². The lowest BCUT2D eigenvalue weighted by molar-refractivity contribution is 0.102. The predicted molar refractivity (Wildman–Crippen MR) is 111 cm³/mol. The molecule has 1 unspecified atom stereocenters. The molecule has 1 aliphatic heterocycles. The molecule has 0 fully saturated rings. The van der Waals surface area contributed by atoms with Gasteiger partial charge in [0.1, 0.15) is 17.3 Å². The highest BCUT2D eigenvalue weighted by Crippen LogP contribution is 2.32. The Morgan fingerprint density at radius 1 is 1.10 bits per heavy atom. The van der Waals surface area contributed by atoms with Crippen LogP contribution in [0.2, 0.25) is 0 Å². The number of nitrogens with zero attached hydrogens (tertiary/aromatic N) is 2. The summed E-state index contributed by atoms with van der Waals surface area (Å²) in [5, 5.41) is 7.56. The summed E-state index contributed by atoms with van der Waals surface area (Å²) >= 11 is 0. The summed E-state index contributed by atoms with van der Waals surface area (Å²) in [5.41, 5.74) is 2.86. The second kappa shape index (κ2) is 8.08. The fourth-order valence-corrected chi connectivity index (χ4v) is 4.48. The van der Waals surface area contributed by atoms with Crippen LogP contribution in [0, 0.1) is 0 Å². The van der Waals surface area contributed by atoms with Gasteiger partial charge < -0.3 is 14.8 Å². The molecule has 1 N–H and O–H groups in total. The van der Waals surface area contributed by atoms with Gasteiger partial charge in [0.05, 0.1) is 36.6 Å². The number of benzene rings is 2. The molecule has 2 aromatic carbocycles. The van der Waals surface area contributed by atoms with E-state index in [0.29, 0.717) is 35.2 Å². The minimum atomic E-state index is -0.997. The lowest BCUT2D eigenvalue weighted by Gasteiger charge is -2.12. The summed E-state index contributed by atoms with van der Waals surface area (Å²) in [6.07, 6.45) is 0. The van der Waals surface area contributed by atoms with E-state index in [1.807, 2.05) is 31.2 Å². The first-order valence-corrected chi connectivity index (χ1v) is 10.7. The van der Waals surface area contributed by atoms with E-state index in [4.69, 9.17) is 9.47 Å². The standard InChI is InChI=1S/C21H21N3O4S/c1-3-28-17-8-4-14(5-9-17)21(25)22-20-18-12-29(26)13-19(18)23-24(20)15-6-10-16(27-2)11-7-15/h4-11H,3,12-13H2,1-2H3,(H,22,25). The maximum Gasteiger partial charge on any atom is 0.256 e. The van der Waals surface area contributed by atoms with Crippen LogP contribution in [0.3, 0.4) is 0 Å². The Morgan fingerprint density at radius 3 is 2.45 bits per heavy atom. The predicted octanol–water partition coefficient (Wildman–Crippen LogP) is 3.29. The summed E-state index contributed by atoms with van der Waals surface area (Å²) in [4.78, 5) is 12.9. The zero-order chi connectivity index (χ0) is 20.4. The van der Waals surface area contributed by atoms with Gasteiger partial charge in [0, 0.05) is 21.9 Å². The Morgan fingerprint density at radius 2 is 1.79 bits per heavy atom. The largest absolute Gasteiger partial charge is 0.497 e. The smallest absolute Gasteiger partial charge is 0.256 e. The van der Waals surface area contributed by atoms with Gasteiger partial charge in [-0.15, -0.1) is 0 Å². The minimum Gasteiger partial charge on any atom is -0.497 e. The summed E-state index contributed by atoms with van der Waals surface area (Å²) in [7, 11) is 0.610. The van der Waals surface area contributed by atoms with Crippen molar-refractivity contribution in [3.8, 4) is 17.2 Å². The zero-order valence-corrected chi connectivity index (χ0v) is 17.0. The molecule has 0 bridgehead atoms. The Kier molecular flexibility index (Phi) is 5.35. The number of rotatable bonds is 6. The fourth-order valence-electron chi connectivity index (χ4n) is 3.22. The summed E-state index contributed by atoms with van der Waals surface area (Å²) < 4.78 is 24.3. The number of carbonyl (C=O) groups excluding carboxylic acids is 1. The second-order valence-corrected chi connectivity index (χ2v) is 7.98. The Bertz CT molecular complexity index is 1060. The molecule has 4 rings (SSSR count). The molecule has 150 valence electrons. The van der Waals surface area contributed by atoms with Gasteiger partial charge in [-0.1, -0.05) is 0 Å². The average Bonchev–Trinajstić information content (AvgIpc) is 3.25. The molecule has 0 radical (unpaired) electrons. The number of fused-ring (bicyclic) bond motifs is 1. The maximum atomic E-state index is 12.9. The third kappa shape index (κ3) is 3.88. The van der Waals surface area contributed by atoms with E-state index in [1.165, 1.54) is 0 Å². The topological polar surface area (TPSA) is 82.4 Å². The highest BCUT2D eigenvalue weighted by Gasteiger charge is 2.28. The third-order valence-corrected chi connectivity index (χ3v) is 5.85. The van der Waals surface area contributed by atoms with Crippen molar-refractivity contribution in [1.82, 2.24) is 9.78 Å². The molecule has 29 heavy (non-hydrogen) atoms. The molecule has 0 aliphatic carbocycles. The molecule has 1 amide bonds. The molecule has 0 spiro atoms. The van der Waals surface area contributed by atoms with Gasteiger partial charge in [0.2, 0.25) is 0 Å². The third-order valence-electron chi connectivity index (χ3n) is 4.65. The second-order valence-electron chi connectivity index (χ2n) is 6.52. The number of methoxy groups -OCH3 is 1. The summed E-state index contributed by atoms with van der Waals surface area (Å²) in [6, 6.07) is 14.3. The van der Waals surface area contributed by atoms with E-state index in [-0.39, 0.29) is 5.91 Å². The van der Waals surface area contributed by atoms with Gasteiger partial charge >= 0.3 is 0 Å². The van der Waals surface area contributed by atoms with Crippen molar-refractivity contribution in [1.29, 1.82) is 0 Å². The SMILES string of the molecule is CCOc1ccc(C(=O)Nc2c3c(nn2-c2ccc(OC)cc2)CS(=O)C3)cc1. The molecule has 8 heteroatoms. The van der Waals surface area contributed by atoms with Crippen LogP contribution in [-0.2, 0) is 22.3 Å². The average molecular weight is 411 g/mol. The molecule has 7 nitrogen and oxygen atoms in total. The van der Waals surface area contributed by atoms with Crippen LogP contribution in [0.1, 0.15) is 28.5 Å². The highest BCUT2D eigenvalue weighted by atomic mass is 32.2. The van der Waals surface area contributed by atoms with Gasteiger partial charge in [-0.3, -0.25) is 9.00 Å². The van der Waals surface area contributed by atoms with Crippen molar-refractivity contribution < 1.29 is 18.5 Å². The van der Waals surface area contributed by atoms with Gasteiger partial charge in [0.25, 0.3) is 5.91 Å². The van der Waals surface area contributed by atoms with E-state index in [1.54, 1.807) is 36.1 Å². The monoisotopic (exact) mass is 411 g/mol. The van der Waals surface area contributed by atoms with Crippen molar-refractivity contribution >= 4 is 22.5 Å². The number of amides is 1. The van der Waals surface area contributed by atoms with Gasteiger partial charge in [-0.2, -0.15) is 5.10 Å². The Labute approximate surface area is 171 Å². The quantitative estimate of drug-likeness (QED) is 0.673. The van der Waals surface area contributed by atoms with Crippen molar-refractivity contribution in [2.75, 3.05) is 19.0 Å². The van der Waals surface area contributed by atoms with E-state index in [2.05, 4.69) is 10.4 Å². The first-order valence-electron chi connectivity index (χ1n) is 9.23. The van der Waals surface area contributed by atoms with E-state index >= 15 is 0 Å². The van der Waals surface area contributed by atoms with Crippen LogP contribution in [0.4, 0.5) is 5.82 Å². The van der Waals surface area contributed by atoms with Crippen LogP contribution in [0.5, 0.6) is 11.5 Å². The van der Waals surface area contributed by atoms with Crippen LogP contribution in [0.25, 0.3) is 5.69 Å². The number of ether oxygens (including phenoxy) is 2. The van der Waals surface area contributed by atoms with Crippen molar-refractivity contribution in [2.45, 2.75) is 18.4 Å². The van der Waals surface area contributed by atoms with Crippen molar-refractivity contribution in [2.24, 2.45) is 0 Å². The van der Waals surface area contributed by atoms with E-state index in [9.17, 15) is 9.00 Å². The fraction of sp³-hybridized carbons (Fsp3) is 0.238. The number of aromatic nitrogens is 2. The minimum absolute atomic E-state index is 0.261. The summed E-state index contributed by atoms with van der Waals surface area (Å²) in [6.45, 7) is 2.47. The number of hydrogen-bond donors (Lipinski definition) is 1. The normalized spacial score (nSPS) is 15.0. The maximum absolute atomic E-state index is 12.9. The zero-order valence-electron chi connectivity index (χ0n) is 16.2. The number of carbonyl (C=O) groups is 1. The molecule has 1 aromatic heterocycles. The highest BCUT2D eigenvalue weighted by molar-refractivity contribution is 7.83.